The molecule has 0 radical (unpaired) electrons. The number of aromatic nitrogens is 1. The number of aliphatic hydroxyl groups excluding tert-OH is 1. The first kappa shape index (κ1) is 17.7. The van der Waals surface area contributed by atoms with E-state index in [0.717, 1.165) is 21.1 Å². The fourth-order valence-corrected chi connectivity index (χ4v) is 2.64. The van der Waals surface area contributed by atoms with Gasteiger partial charge in [0.2, 0.25) is 0 Å². The fourth-order valence-electron chi connectivity index (χ4n) is 2.28. The number of fused-ring (bicyclic) bond motifs is 1. The molecule has 23 heavy (non-hydrogen) atoms. The van der Waals surface area contributed by atoms with Gasteiger partial charge in [-0.05, 0) is 36.1 Å². The predicted octanol–water partition coefficient (Wildman–Crippen LogP) is 3.60. The number of esters is 1. The Kier molecular flexibility index (Phi) is 5.59. The van der Waals surface area contributed by atoms with Crippen molar-refractivity contribution in [1.82, 2.24) is 4.98 Å². The second kappa shape index (κ2) is 7.27. The summed E-state index contributed by atoms with van der Waals surface area (Å²) in [4.78, 5) is 16.2. The van der Waals surface area contributed by atoms with Crippen LogP contribution in [0.3, 0.4) is 0 Å². The van der Waals surface area contributed by atoms with E-state index < -0.39 is 5.97 Å². The Labute approximate surface area is 144 Å². The monoisotopic (exact) mass is 380 g/mol. The highest BCUT2D eigenvalue weighted by Gasteiger charge is 2.18. The van der Waals surface area contributed by atoms with Gasteiger partial charge in [0, 0.05) is 28.7 Å². The topological polar surface area (TPSA) is 71.5 Å². The number of hydrogen-bond acceptors (Lipinski definition) is 5. The highest BCUT2D eigenvalue weighted by Crippen LogP contribution is 2.28. The molecule has 1 aromatic heterocycles. The van der Waals surface area contributed by atoms with Crippen molar-refractivity contribution in [3.05, 3.63) is 34.4 Å². The molecule has 0 saturated carbocycles. The van der Waals surface area contributed by atoms with Crippen LogP contribution in [0.1, 0.15) is 30.8 Å². The average molecular weight is 381 g/mol. The smallest absolute Gasteiger partial charge is 0.356 e. The van der Waals surface area contributed by atoms with Gasteiger partial charge in [0.25, 0.3) is 0 Å². The first-order valence-electron chi connectivity index (χ1n) is 7.39. The zero-order chi connectivity index (χ0) is 17.0. The largest absolute Gasteiger partial charge is 0.464 e. The molecule has 0 fully saturated rings. The van der Waals surface area contributed by atoms with E-state index in [1.54, 1.807) is 6.07 Å². The minimum absolute atomic E-state index is 0.0677. The van der Waals surface area contributed by atoms with Crippen molar-refractivity contribution in [2.24, 2.45) is 5.41 Å². The summed E-state index contributed by atoms with van der Waals surface area (Å²) in [6, 6.07) is 7.41. The van der Waals surface area contributed by atoms with E-state index in [4.69, 9.17) is 9.84 Å². The summed E-state index contributed by atoms with van der Waals surface area (Å²) in [5.74, 6) is -0.465. The average Bonchev–Trinajstić information content (AvgIpc) is 2.51. The maximum Gasteiger partial charge on any atom is 0.356 e. The Balaban J connectivity index is 2.42. The number of aliphatic hydroxyl groups is 1. The van der Waals surface area contributed by atoms with E-state index in [0.29, 0.717) is 13.0 Å². The van der Waals surface area contributed by atoms with Crippen molar-refractivity contribution < 1.29 is 14.6 Å². The zero-order valence-corrected chi connectivity index (χ0v) is 15.1. The lowest BCUT2D eigenvalue weighted by Gasteiger charge is -2.25. The molecule has 1 heterocycles. The molecular weight excluding hydrogens is 360 g/mol. The van der Waals surface area contributed by atoms with Gasteiger partial charge in [-0.1, -0.05) is 29.8 Å². The number of rotatable bonds is 6. The number of anilines is 1. The number of benzene rings is 1. The maximum absolute atomic E-state index is 11.8. The molecule has 0 bridgehead atoms. The van der Waals surface area contributed by atoms with Crippen LogP contribution in [0.15, 0.2) is 28.7 Å². The lowest BCUT2D eigenvalue weighted by Crippen LogP contribution is -2.24. The van der Waals surface area contributed by atoms with Crippen LogP contribution in [-0.4, -0.2) is 36.3 Å². The first-order valence-corrected chi connectivity index (χ1v) is 8.19. The van der Waals surface area contributed by atoms with Gasteiger partial charge in [-0.15, -0.1) is 0 Å². The quantitative estimate of drug-likeness (QED) is 0.749. The molecule has 124 valence electrons. The summed E-state index contributed by atoms with van der Waals surface area (Å²) < 4.78 is 5.72. The molecule has 1 aromatic carbocycles. The number of nitrogens with zero attached hydrogens (tertiary/aromatic N) is 1. The predicted molar refractivity (Wildman–Crippen MR) is 94.8 cm³/mol. The summed E-state index contributed by atoms with van der Waals surface area (Å²) >= 11 is 3.46. The third-order valence-electron chi connectivity index (χ3n) is 3.71. The number of methoxy groups -OCH3 is 1. The Morgan fingerprint density at radius 3 is 2.78 bits per heavy atom. The number of carbonyl (C=O) groups excluding carboxylic acids is 1. The molecule has 6 heteroatoms. The van der Waals surface area contributed by atoms with Crippen LogP contribution in [0.4, 0.5) is 5.69 Å². The molecule has 2 rings (SSSR count). The summed E-state index contributed by atoms with van der Waals surface area (Å²) in [6.45, 7) is 4.97. The molecular formula is C17H21BrN2O3. The molecule has 0 aliphatic heterocycles. The van der Waals surface area contributed by atoms with E-state index >= 15 is 0 Å². The minimum atomic E-state index is -0.465. The molecule has 2 N–H and O–H groups in total. The van der Waals surface area contributed by atoms with E-state index in [9.17, 15) is 4.79 Å². The summed E-state index contributed by atoms with van der Waals surface area (Å²) in [5.41, 5.74) is 1.74. The standard InChI is InChI=1S/C17H21BrN2O3/c1-17(2,6-7-21)10-19-14-9-15(16(22)23-3)20-13-5-4-11(18)8-12(13)14/h4-5,8-9,21H,6-7,10H2,1-3H3,(H,19,20). The molecule has 0 saturated heterocycles. The van der Waals surface area contributed by atoms with Crippen LogP contribution >= 0.6 is 15.9 Å². The number of carbonyl (C=O) groups is 1. The second-order valence-electron chi connectivity index (χ2n) is 6.20. The maximum atomic E-state index is 11.8. The van der Waals surface area contributed by atoms with Gasteiger partial charge < -0.3 is 15.2 Å². The van der Waals surface area contributed by atoms with Gasteiger partial charge >= 0.3 is 5.97 Å². The normalized spacial score (nSPS) is 11.5. The molecule has 2 aromatic rings. The van der Waals surface area contributed by atoms with Crippen molar-refractivity contribution in [3.8, 4) is 0 Å². The number of nitrogens with one attached hydrogen (secondary N) is 1. The second-order valence-corrected chi connectivity index (χ2v) is 7.12. The van der Waals surface area contributed by atoms with Crippen LogP contribution < -0.4 is 5.32 Å². The molecule has 0 spiro atoms. The summed E-state index contributed by atoms with van der Waals surface area (Å²) in [7, 11) is 1.34. The van der Waals surface area contributed by atoms with Gasteiger partial charge in [0.1, 0.15) is 0 Å². The van der Waals surface area contributed by atoms with Gasteiger partial charge in [-0.3, -0.25) is 0 Å². The van der Waals surface area contributed by atoms with E-state index in [1.807, 2.05) is 18.2 Å². The fraction of sp³-hybridized carbons (Fsp3) is 0.412. The van der Waals surface area contributed by atoms with Crippen molar-refractivity contribution in [3.63, 3.8) is 0 Å². The van der Waals surface area contributed by atoms with Crippen LogP contribution in [-0.2, 0) is 4.74 Å². The number of hydrogen-bond donors (Lipinski definition) is 2. The summed E-state index contributed by atoms with van der Waals surface area (Å²) in [5, 5.41) is 13.5. The molecule has 0 unspecified atom stereocenters. The van der Waals surface area contributed by atoms with Crippen molar-refractivity contribution in [2.75, 3.05) is 25.6 Å². The van der Waals surface area contributed by atoms with Crippen LogP contribution in [0.5, 0.6) is 0 Å². The Bertz CT molecular complexity index is 716. The highest BCUT2D eigenvalue weighted by atomic mass is 79.9. The molecule has 0 atom stereocenters. The van der Waals surface area contributed by atoms with Crippen LogP contribution in [0, 0.1) is 5.41 Å². The third kappa shape index (κ3) is 4.42. The van der Waals surface area contributed by atoms with Crippen molar-refractivity contribution in [2.45, 2.75) is 20.3 Å². The highest BCUT2D eigenvalue weighted by molar-refractivity contribution is 9.10. The summed E-state index contributed by atoms with van der Waals surface area (Å²) in [6.07, 6.45) is 0.691. The first-order chi connectivity index (χ1) is 10.9. The van der Waals surface area contributed by atoms with Gasteiger partial charge in [-0.25, -0.2) is 9.78 Å². The van der Waals surface area contributed by atoms with Crippen molar-refractivity contribution >= 4 is 38.5 Å². The lowest BCUT2D eigenvalue weighted by atomic mass is 9.89. The van der Waals surface area contributed by atoms with Gasteiger partial charge in [0.15, 0.2) is 5.69 Å². The van der Waals surface area contributed by atoms with Crippen molar-refractivity contribution in [1.29, 1.82) is 0 Å². The number of pyridine rings is 1. The number of halogens is 1. The van der Waals surface area contributed by atoms with Gasteiger partial charge in [0.05, 0.1) is 12.6 Å². The Morgan fingerprint density at radius 1 is 1.39 bits per heavy atom. The SMILES string of the molecule is COC(=O)c1cc(NCC(C)(C)CCO)c2cc(Br)ccc2n1. The zero-order valence-electron chi connectivity index (χ0n) is 13.5. The van der Waals surface area contributed by atoms with Gasteiger partial charge in [-0.2, -0.15) is 0 Å². The van der Waals surface area contributed by atoms with Crippen LogP contribution in [0.25, 0.3) is 10.9 Å². The van der Waals surface area contributed by atoms with E-state index in [-0.39, 0.29) is 17.7 Å². The molecule has 0 amide bonds. The lowest BCUT2D eigenvalue weighted by molar-refractivity contribution is 0.0594. The minimum Gasteiger partial charge on any atom is -0.464 e. The molecule has 0 aliphatic rings. The van der Waals surface area contributed by atoms with E-state index in [2.05, 4.69) is 40.1 Å². The van der Waals surface area contributed by atoms with Crippen LogP contribution in [0.2, 0.25) is 0 Å². The Morgan fingerprint density at radius 2 is 2.13 bits per heavy atom. The number of ether oxygens (including phenoxy) is 1. The Hall–Kier alpha value is -1.66. The molecule has 0 aliphatic carbocycles. The molecule has 5 nitrogen and oxygen atoms in total. The van der Waals surface area contributed by atoms with E-state index in [1.165, 1.54) is 7.11 Å². The third-order valence-corrected chi connectivity index (χ3v) is 4.20.